The fourth-order valence-electron chi connectivity index (χ4n) is 3.28. The molecular weight excluding hydrogens is 365 g/mol. The standard InChI is InChI=1S/C15H22FN5O6/c1-3-6(23)10-7(16)9(24)13(27-10)21-11-8(12(25)19-14(17)18-11)20(15(21)26)4-5(2)22/h5-7,9-10,13,22-24H,3-4H2,1-2H3,(H3,17,18,19,25)/t5-,6-,7+,9+,10+,13+/m0/s1. The number of H-pyrrole nitrogens is 1. The molecule has 0 radical (unpaired) electrons. The van der Waals surface area contributed by atoms with E-state index in [0.29, 0.717) is 0 Å². The number of aromatic nitrogens is 4. The largest absolute Gasteiger partial charge is 0.392 e. The van der Waals surface area contributed by atoms with Crippen LogP contribution >= 0.6 is 0 Å². The van der Waals surface area contributed by atoms with Gasteiger partial charge in [-0.2, -0.15) is 4.98 Å². The Bertz CT molecular complexity index is 953. The number of nitrogen functional groups attached to an aromatic ring is 1. The molecule has 2 aromatic heterocycles. The van der Waals surface area contributed by atoms with E-state index in [0.717, 1.165) is 9.13 Å². The van der Waals surface area contributed by atoms with Crippen LogP contribution in [0.1, 0.15) is 26.5 Å². The van der Waals surface area contributed by atoms with Crippen molar-refractivity contribution < 1.29 is 24.4 Å². The Labute approximate surface area is 151 Å². The first-order valence-corrected chi connectivity index (χ1v) is 8.51. The third-order valence-corrected chi connectivity index (χ3v) is 4.56. The molecule has 3 rings (SSSR count). The second-order valence-corrected chi connectivity index (χ2v) is 6.64. The molecule has 0 spiro atoms. The highest BCUT2D eigenvalue weighted by atomic mass is 19.1. The van der Waals surface area contributed by atoms with Crippen molar-refractivity contribution in [3.05, 3.63) is 20.8 Å². The number of imidazole rings is 1. The van der Waals surface area contributed by atoms with Gasteiger partial charge in [0.1, 0.15) is 12.2 Å². The van der Waals surface area contributed by atoms with Crippen LogP contribution in [0.4, 0.5) is 10.3 Å². The number of ether oxygens (including phenoxy) is 1. The fourth-order valence-corrected chi connectivity index (χ4v) is 3.28. The van der Waals surface area contributed by atoms with Gasteiger partial charge in [-0.1, -0.05) is 6.92 Å². The number of aliphatic hydroxyl groups is 3. The summed E-state index contributed by atoms with van der Waals surface area (Å²) in [7, 11) is 0. The quantitative estimate of drug-likeness (QED) is 0.401. The number of nitrogens with two attached hydrogens (primary N) is 1. The first-order valence-electron chi connectivity index (χ1n) is 8.51. The molecule has 0 bridgehead atoms. The maximum Gasteiger partial charge on any atom is 0.332 e. The van der Waals surface area contributed by atoms with E-state index in [4.69, 9.17) is 10.5 Å². The highest BCUT2D eigenvalue weighted by Crippen LogP contribution is 2.34. The van der Waals surface area contributed by atoms with Crippen LogP contribution in [0.15, 0.2) is 9.59 Å². The number of halogens is 1. The van der Waals surface area contributed by atoms with Crippen LogP contribution in [0.2, 0.25) is 0 Å². The maximum absolute atomic E-state index is 14.5. The zero-order valence-electron chi connectivity index (χ0n) is 14.7. The number of aromatic amines is 1. The molecule has 27 heavy (non-hydrogen) atoms. The van der Waals surface area contributed by atoms with Crippen molar-refractivity contribution in [2.45, 2.75) is 63.6 Å². The van der Waals surface area contributed by atoms with Gasteiger partial charge in [-0.3, -0.25) is 14.3 Å². The van der Waals surface area contributed by atoms with Crippen molar-refractivity contribution in [1.29, 1.82) is 0 Å². The minimum Gasteiger partial charge on any atom is -0.392 e. The lowest BCUT2D eigenvalue weighted by Gasteiger charge is -2.18. The molecule has 6 N–H and O–H groups in total. The van der Waals surface area contributed by atoms with E-state index >= 15 is 0 Å². The van der Waals surface area contributed by atoms with Crippen molar-refractivity contribution in [3.63, 3.8) is 0 Å². The normalized spacial score (nSPS) is 27.9. The van der Waals surface area contributed by atoms with Crippen molar-refractivity contribution >= 4 is 17.1 Å². The summed E-state index contributed by atoms with van der Waals surface area (Å²) in [5.41, 5.74) is 3.57. The zero-order valence-corrected chi connectivity index (χ0v) is 14.7. The van der Waals surface area contributed by atoms with Crippen LogP contribution in [-0.2, 0) is 11.3 Å². The van der Waals surface area contributed by atoms with E-state index < -0.39 is 48.1 Å². The van der Waals surface area contributed by atoms with Crippen LogP contribution in [0.3, 0.4) is 0 Å². The van der Waals surface area contributed by atoms with E-state index in [-0.39, 0.29) is 30.1 Å². The highest BCUT2D eigenvalue weighted by molar-refractivity contribution is 5.71. The molecule has 0 unspecified atom stereocenters. The lowest BCUT2D eigenvalue weighted by Crippen LogP contribution is -2.36. The molecule has 11 nitrogen and oxygen atoms in total. The highest BCUT2D eigenvalue weighted by Gasteiger charge is 2.49. The second kappa shape index (κ2) is 7.03. The van der Waals surface area contributed by atoms with Crippen molar-refractivity contribution in [2.24, 2.45) is 0 Å². The summed E-state index contributed by atoms with van der Waals surface area (Å²) in [6.45, 7) is 2.80. The minimum absolute atomic E-state index is 0.175. The van der Waals surface area contributed by atoms with Gasteiger partial charge in [0.15, 0.2) is 23.6 Å². The van der Waals surface area contributed by atoms with E-state index in [9.17, 15) is 29.3 Å². The first kappa shape index (κ1) is 19.5. The number of aliphatic hydroxyl groups excluding tert-OH is 3. The Kier molecular flexibility index (Phi) is 5.08. The average molecular weight is 387 g/mol. The Morgan fingerprint density at radius 2 is 2.07 bits per heavy atom. The summed E-state index contributed by atoms with van der Waals surface area (Å²) in [5.74, 6) is -0.287. The average Bonchev–Trinajstić information content (AvgIpc) is 3.02. The van der Waals surface area contributed by atoms with E-state index in [1.54, 1.807) is 6.92 Å². The third-order valence-electron chi connectivity index (χ3n) is 4.56. The molecular formula is C15H22FN5O6. The number of hydrogen-bond acceptors (Lipinski definition) is 8. The van der Waals surface area contributed by atoms with Gasteiger partial charge < -0.3 is 25.8 Å². The molecule has 12 heteroatoms. The van der Waals surface area contributed by atoms with Crippen LogP contribution in [0, 0.1) is 0 Å². The lowest BCUT2D eigenvalue weighted by molar-refractivity contribution is -0.0800. The molecule has 6 atom stereocenters. The predicted octanol–water partition coefficient (Wildman–Crippen LogP) is -1.78. The molecule has 1 aliphatic rings. The van der Waals surface area contributed by atoms with Crippen molar-refractivity contribution in [1.82, 2.24) is 19.1 Å². The number of anilines is 1. The number of rotatable bonds is 5. The van der Waals surface area contributed by atoms with Gasteiger partial charge in [-0.15, -0.1) is 0 Å². The Morgan fingerprint density at radius 1 is 1.41 bits per heavy atom. The van der Waals surface area contributed by atoms with Crippen LogP contribution in [0.25, 0.3) is 11.2 Å². The number of nitrogens with zero attached hydrogens (tertiary/aromatic N) is 3. The Balaban J connectivity index is 2.22. The van der Waals surface area contributed by atoms with Crippen LogP contribution in [0.5, 0.6) is 0 Å². The SMILES string of the molecule is CC[C@H](O)[C@H]1O[C@@H](n2c(=O)n(C[C@H](C)O)c3c(=O)[nH]c(N)nc32)[C@H](O)[C@H]1F. The molecule has 2 aromatic rings. The van der Waals surface area contributed by atoms with E-state index in [1.807, 2.05) is 0 Å². The predicted molar refractivity (Wildman–Crippen MR) is 91.8 cm³/mol. The van der Waals surface area contributed by atoms with Gasteiger partial charge in [0.2, 0.25) is 5.95 Å². The lowest BCUT2D eigenvalue weighted by atomic mass is 10.1. The number of hydrogen-bond donors (Lipinski definition) is 5. The van der Waals surface area contributed by atoms with Gasteiger partial charge >= 0.3 is 5.69 Å². The molecule has 1 fully saturated rings. The topological polar surface area (TPSA) is 169 Å². The molecule has 0 saturated carbocycles. The molecule has 0 amide bonds. The van der Waals surface area contributed by atoms with Crippen molar-refractivity contribution in [2.75, 3.05) is 5.73 Å². The fraction of sp³-hybridized carbons (Fsp3) is 0.667. The maximum atomic E-state index is 14.5. The Morgan fingerprint density at radius 3 is 2.67 bits per heavy atom. The zero-order chi connectivity index (χ0) is 20.0. The van der Waals surface area contributed by atoms with E-state index in [1.165, 1.54) is 6.92 Å². The number of alkyl halides is 1. The summed E-state index contributed by atoms with van der Waals surface area (Å²) in [6, 6.07) is 0. The summed E-state index contributed by atoms with van der Waals surface area (Å²) in [6.07, 6.45) is -8.59. The first-order chi connectivity index (χ1) is 12.7. The monoisotopic (exact) mass is 387 g/mol. The smallest absolute Gasteiger partial charge is 0.332 e. The summed E-state index contributed by atoms with van der Waals surface area (Å²) in [5, 5.41) is 29.8. The molecule has 1 saturated heterocycles. The Hall–Kier alpha value is -2.28. The number of fused-ring (bicyclic) bond motifs is 1. The second-order valence-electron chi connectivity index (χ2n) is 6.64. The summed E-state index contributed by atoms with van der Waals surface area (Å²) in [4.78, 5) is 31.4. The van der Waals surface area contributed by atoms with Gasteiger partial charge in [0.05, 0.1) is 18.8 Å². The molecule has 3 heterocycles. The molecule has 0 aliphatic carbocycles. The van der Waals surface area contributed by atoms with Gasteiger partial charge in [0.25, 0.3) is 5.56 Å². The minimum atomic E-state index is -1.95. The molecule has 150 valence electrons. The van der Waals surface area contributed by atoms with Gasteiger partial charge in [0, 0.05) is 0 Å². The third kappa shape index (κ3) is 3.14. The van der Waals surface area contributed by atoms with Crippen molar-refractivity contribution in [3.8, 4) is 0 Å². The van der Waals surface area contributed by atoms with Crippen LogP contribution in [-0.4, -0.2) is 65.0 Å². The number of nitrogens with one attached hydrogen (secondary N) is 1. The van der Waals surface area contributed by atoms with Gasteiger partial charge in [-0.05, 0) is 13.3 Å². The summed E-state index contributed by atoms with van der Waals surface area (Å²) >= 11 is 0. The van der Waals surface area contributed by atoms with Gasteiger partial charge in [-0.25, -0.2) is 13.8 Å². The summed E-state index contributed by atoms with van der Waals surface area (Å²) < 4.78 is 21.7. The molecule has 1 aliphatic heterocycles. The van der Waals surface area contributed by atoms with Crippen LogP contribution < -0.4 is 17.0 Å². The van der Waals surface area contributed by atoms with E-state index in [2.05, 4.69) is 9.97 Å². The molecule has 0 aromatic carbocycles.